The average molecular weight is 373 g/mol. The molecular weight excluding hydrogens is 355 g/mol. The van der Waals surface area contributed by atoms with E-state index in [0.717, 1.165) is 13.1 Å². The van der Waals surface area contributed by atoms with Crippen LogP contribution in [0.4, 0.5) is 0 Å². The Morgan fingerprint density at radius 2 is 0.952 bits per heavy atom. The van der Waals surface area contributed by atoms with Crippen LogP contribution in [0.2, 0.25) is 0 Å². The molecule has 2 nitrogen and oxygen atoms in total. The Morgan fingerprint density at radius 3 is 1.29 bits per heavy atom. The summed E-state index contributed by atoms with van der Waals surface area (Å²) in [7, 11) is 0. The Bertz CT molecular complexity index is 449. The summed E-state index contributed by atoms with van der Waals surface area (Å²) in [4.78, 5) is 0. The van der Waals surface area contributed by atoms with Crippen molar-refractivity contribution in [2.45, 2.75) is 13.1 Å². The third-order valence-electron chi connectivity index (χ3n) is 2.98. The predicted octanol–water partition coefficient (Wildman–Crippen LogP) is 4.30. The zero-order valence-corrected chi connectivity index (χ0v) is 14.0. The minimum atomic E-state index is 0. The average Bonchev–Trinajstić information content (AvgIpc) is 2.47. The van der Waals surface area contributed by atoms with Crippen molar-refractivity contribution in [2.75, 3.05) is 13.1 Å². The van der Waals surface area contributed by atoms with Crippen LogP contribution in [-0.4, -0.2) is 21.9 Å². The molecule has 2 aromatic rings. The maximum atomic E-state index is 6.21. The Morgan fingerprint density at radius 1 is 0.619 bits per heavy atom. The number of hydrogen-bond acceptors (Lipinski definition) is 2. The molecule has 0 aliphatic heterocycles. The predicted molar refractivity (Wildman–Crippen MR) is 85.4 cm³/mol. The van der Waals surface area contributed by atoms with Gasteiger partial charge in [-0.2, -0.15) is 0 Å². The molecule has 0 bridgehead atoms. The van der Waals surface area contributed by atoms with Gasteiger partial charge in [0.2, 0.25) is 0 Å². The number of halogens is 2. The Hall–Kier alpha value is -0.541. The molecule has 0 unspecified atom stereocenters. The SMILES string of the molecule is ClN(CCN(Cl)Cc1ccccc1)Cc1ccccc1.[Cu]. The second-order valence-corrected chi connectivity index (χ2v) is 5.62. The first-order valence-corrected chi connectivity index (χ1v) is 7.31. The molecule has 21 heavy (non-hydrogen) atoms. The van der Waals surface area contributed by atoms with Crippen molar-refractivity contribution in [3.05, 3.63) is 71.8 Å². The third kappa shape index (κ3) is 7.32. The molecule has 0 aliphatic rings. The van der Waals surface area contributed by atoms with E-state index in [1.807, 2.05) is 36.4 Å². The molecule has 0 aliphatic carbocycles. The fourth-order valence-electron chi connectivity index (χ4n) is 1.94. The van der Waals surface area contributed by atoms with Crippen LogP contribution in [-0.2, 0) is 30.2 Å². The summed E-state index contributed by atoms with van der Waals surface area (Å²) in [6.07, 6.45) is 0. The Labute approximate surface area is 147 Å². The molecular formula is C16H18Cl2CuN2. The molecule has 0 spiro atoms. The van der Waals surface area contributed by atoms with Gasteiger partial charge in [-0.15, -0.1) is 0 Å². The summed E-state index contributed by atoms with van der Waals surface area (Å²) >= 11 is 12.4. The van der Waals surface area contributed by atoms with Gasteiger partial charge in [0.05, 0.1) is 0 Å². The summed E-state index contributed by atoms with van der Waals surface area (Å²) in [6.45, 7) is 2.87. The van der Waals surface area contributed by atoms with Crippen LogP contribution < -0.4 is 0 Å². The van der Waals surface area contributed by atoms with E-state index < -0.39 is 0 Å². The molecule has 0 atom stereocenters. The molecule has 0 aromatic heterocycles. The van der Waals surface area contributed by atoms with Crippen LogP contribution in [0.5, 0.6) is 0 Å². The molecule has 0 saturated heterocycles. The van der Waals surface area contributed by atoms with Gasteiger partial charge in [-0.1, -0.05) is 60.7 Å². The van der Waals surface area contributed by atoms with Crippen molar-refractivity contribution < 1.29 is 17.1 Å². The number of hydrogen-bond donors (Lipinski definition) is 0. The Balaban J connectivity index is 0.00000220. The smallest absolute Gasteiger partial charge is 0.0390 e. The van der Waals surface area contributed by atoms with Crippen molar-refractivity contribution >= 4 is 23.6 Å². The van der Waals surface area contributed by atoms with Crippen LogP contribution >= 0.6 is 23.6 Å². The van der Waals surface area contributed by atoms with E-state index in [4.69, 9.17) is 23.6 Å². The van der Waals surface area contributed by atoms with E-state index in [9.17, 15) is 0 Å². The van der Waals surface area contributed by atoms with E-state index in [2.05, 4.69) is 24.3 Å². The van der Waals surface area contributed by atoms with Gasteiger partial charge >= 0.3 is 0 Å². The number of nitrogens with zero attached hydrogens (tertiary/aromatic N) is 2. The topological polar surface area (TPSA) is 6.48 Å². The summed E-state index contributed by atoms with van der Waals surface area (Å²) in [5.41, 5.74) is 2.40. The monoisotopic (exact) mass is 371 g/mol. The molecule has 2 aromatic carbocycles. The van der Waals surface area contributed by atoms with Crippen LogP contribution in [0.25, 0.3) is 0 Å². The maximum absolute atomic E-state index is 6.21. The summed E-state index contributed by atoms with van der Waals surface area (Å²) in [6, 6.07) is 20.3. The zero-order valence-electron chi connectivity index (χ0n) is 11.6. The summed E-state index contributed by atoms with van der Waals surface area (Å²) in [5, 5.41) is 0. The van der Waals surface area contributed by atoms with E-state index in [0.29, 0.717) is 13.1 Å². The molecule has 0 heterocycles. The van der Waals surface area contributed by atoms with Crippen molar-refractivity contribution in [3.8, 4) is 0 Å². The van der Waals surface area contributed by atoms with Gasteiger partial charge < -0.3 is 0 Å². The minimum Gasteiger partial charge on any atom is -0.214 e. The van der Waals surface area contributed by atoms with Crippen molar-refractivity contribution in [1.82, 2.24) is 8.84 Å². The second-order valence-electron chi connectivity index (χ2n) is 4.66. The van der Waals surface area contributed by atoms with Crippen LogP contribution in [0.1, 0.15) is 11.1 Å². The second kappa shape index (κ2) is 10.2. The molecule has 5 heteroatoms. The first kappa shape index (κ1) is 18.5. The largest absolute Gasteiger partial charge is 0.214 e. The minimum absolute atomic E-state index is 0. The summed E-state index contributed by atoms with van der Waals surface area (Å²) < 4.78 is 3.52. The molecule has 0 N–H and O–H groups in total. The fraction of sp³-hybridized carbons (Fsp3) is 0.250. The van der Waals surface area contributed by atoms with E-state index >= 15 is 0 Å². The first-order chi connectivity index (χ1) is 9.74. The molecule has 117 valence electrons. The Kier molecular flexibility index (Phi) is 9.02. The van der Waals surface area contributed by atoms with Crippen molar-refractivity contribution in [1.29, 1.82) is 0 Å². The maximum Gasteiger partial charge on any atom is 0.0390 e. The fourth-order valence-corrected chi connectivity index (χ4v) is 2.37. The van der Waals surface area contributed by atoms with Crippen LogP contribution in [0.15, 0.2) is 60.7 Å². The van der Waals surface area contributed by atoms with E-state index in [1.54, 1.807) is 8.84 Å². The van der Waals surface area contributed by atoms with Gasteiger partial charge in [-0.05, 0) is 34.7 Å². The number of benzene rings is 2. The van der Waals surface area contributed by atoms with Gasteiger partial charge in [0.25, 0.3) is 0 Å². The van der Waals surface area contributed by atoms with Gasteiger partial charge in [-0.3, -0.25) is 0 Å². The molecule has 0 amide bonds. The van der Waals surface area contributed by atoms with E-state index in [-0.39, 0.29) is 17.1 Å². The molecule has 0 saturated carbocycles. The summed E-state index contributed by atoms with van der Waals surface area (Å²) in [5.74, 6) is 0. The van der Waals surface area contributed by atoms with Gasteiger partial charge in [0, 0.05) is 43.2 Å². The van der Waals surface area contributed by atoms with Crippen molar-refractivity contribution in [2.24, 2.45) is 0 Å². The first-order valence-electron chi connectivity index (χ1n) is 6.63. The quantitative estimate of drug-likeness (QED) is 0.528. The zero-order chi connectivity index (χ0) is 14.2. The van der Waals surface area contributed by atoms with Crippen LogP contribution in [0, 0.1) is 0 Å². The van der Waals surface area contributed by atoms with Crippen LogP contribution in [0.3, 0.4) is 0 Å². The van der Waals surface area contributed by atoms with E-state index in [1.165, 1.54) is 11.1 Å². The van der Waals surface area contributed by atoms with Gasteiger partial charge in [-0.25, -0.2) is 8.84 Å². The standard InChI is InChI=1S/C16H18Cl2N2.Cu/c17-19(13-15-7-3-1-4-8-15)11-12-20(18)14-16-9-5-2-6-10-16;/h1-10H,11-14H2;. The normalized spacial score (nSPS) is 10.7. The third-order valence-corrected chi connectivity index (χ3v) is 3.56. The molecule has 1 radical (unpaired) electrons. The molecule has 2 rings (SSSR count). The van der Waals surface area contributed by atoms with Gasteiger partial charge in [0.1, 0.15) is 0 Å². The van der Waals surface area contributed by atoms with Crippen molar-refractivity contribution in [3.63, 3.8) is 0 Å². The van der Waals surface area contributed by atoms with Gasteiger partial charge in [0.15, 0.2) is 0 Å². The molecule has 0 fully saturated rings. The number of rotatable bonds is 7.